The number of benzene rings is 2. The van der Waals surface area contributed by atoms with Crippen molar-refractivity contribution in [2.75, 3.05) is 13.2 Å². The van der Waals surface area contributed by atoms with Crippen molar-refractivity contribution in [2.24, 2.45) is 0 Å². The molecule has 2 aromatic rings. The van der Waals surface area contributed by atoms with E-state index in [-0.39, 0.29) is 18.9 Å². The minimum absolute atomic E-state index is 0.0333. The molecule has 0 radical (unpaired) electrons. The summed E-state index contributed by atoms with van der Waals surface area (Å²) in [6.07, 6.45) is 0.386. The van der Waals surface area contributed by atoms with Crippen molar-refractivity contribution >= 4 is 22.8 Å². The second-order valence-electron chi connectivity index (χ2n) is 4.35. The molecule has 0 atom stereocenters. The van der Waals surface area contributed by atoms with E-state index >= 15 is 0 Å². The lowest BCUT2D eigenvalue weighted by Crippen LogP contribution is -2.30. The summed E-state index contributed by atoms with van der Waals surface area (Å²) in [6.45, 7) is 3.42. The first-order chi connectivity index (χ1) is 10.6. The zero-order chi connectivity index (χ0) is 15.9. The molecule has 0 aliphatic carbocycles. The van der Waals surface area contributed by atoms with Crippen molar-refractivity contribution in [2.45, 2.75) is 0 Å². The maximum Gasteiger partial charge on any atom is 0.412 e. The fraction of sp³-hybridized carbons (Fsp3) is 0.125. The summed E-state index contributed by atoms with van der Waals surface area (Å²) >= 11 is 0. The lowest BCUT2D eigenvalue weighted by molar-refractivity contribution is -0.137. The lowest BCUT2D eigenvalue weighted by Gasteiger charge is -2.08. The van der Waals surface area contributed by atoms with Gasteiger partial charge in [-0.25, -0.2) is 9.59 Å². The van der Waals surface area contributed by atoms with Crippen LogP contribution in [0.3, 0.4) is 0 Å². The van der Waals surface area contributed by atoms with Gasteiger partial charge in [0.1, 0.15) is 18.1 Å². The summed E-state index contributed by atoms with van der Waals surface area (Å²) in [5.74, 6) is -0.0410. The summed E-state index contributed by atoms with van der Waals surface area (Å²) < 4.78 is 9.81. The molecule has 0 saturated carbocycles. The fourth-order valence-corrected chi connectivity index (χ4v) is 1.81. The number of carbonyl (C=O) groups excluding carboxylic acids is 2. The fourth-order valence-electron chi connectivity index (χ4n) is 1.81. The SMILES string of the molecule is C=CC(=O)OCCNC(=O)Oc1ccc2c(O)cccc2c1. The van der Waals surface area contributed by atoms with E-state index in [2.05, 4.69) is 11.9 Å². The van der Waals surface area contributed by atoms with Crippen LogP contribution in [0.2, 0.25) is 0 Å². The zero-order valence-corrected chi connectivity index (χ0v) is 11.7. The molecule has 0 unspecified atom stereocenters. The smallest absolute Gasteiger partial charge is 0.412 e. The highest BCUT2D eigenvalue weighted by molar-refractivity contribution is 5.89. The normalized spacial score (nSPS) is 10.0. The van der Waals surface area contributed by atoms with E-state index in [1.54, 1.807) is 36.4 Å². The van der Waals surface area contributed by atoms with Crippen LogP contribution in [0.15, 0.2) is 49.1 Å². The number of esters is 1. The van der Waals surface area contributed by atoms with Crippen LogP contribution in [0.4, 0.5) is 4.79 Å². The molecule has 0 fully saturated rings. The van der Waals surface area contributed by atoms with Gasteiger partial charge in [0.05, 0.1) is 6.54 Å². The van der Waals surface area contributed by atoms with E-state index in [9.17, 15) is 14.7 Å². The zero-order valence-electron chi connectivity index (χ0n) is 11.7. The van der Waals surface area contributed by atoms with Crippen molar-refractivity contribution in [3.05, 3.63) is 49.1 Å². The van der Waals surface area contributed by atoms with Gasteiger partial charge in [0, 0.05) is 11.5 Å². The van der Waals surface area contributed by atoms with Crippen molar-refractivity contribution < 1.29 is 24.2 Å². The predicted molar refractivity (Wildman–Crippen MR) is 80.8 cm³/mol. The van der Waals surface area contributed by atoms with Gasteiger partial charge in [0.15, 0.2) is 0 Å². The topological polar surface area (TPSA) is 84.9 Å². The monoisotopic (exact) mass is 301 g/mol. The average Bonchev–Trinajstić information content (AvgIpc) is 2.51. The Morgan fingerprint density at radius 2 is 2.09 bits per heavy atom. The highest BCUT2D eigenvalue weighted by atomic mass is 16.6. The molecular weight excluding hydrogens is 286 g/mol. The van der Waals surface area contributed by atoms with Crippen LogP contribution >= 0.6 is 0 Å². The average molecular weight is 301 g/mol. The van der Waals surface area contributed by atoms with Gasteiger partial charge in [0.2, 0.25) is 0 Å². The van der Waals surface area contributed by atoms with Gasteiger partial charge in [-0.1, -0.05) is 18.7 Å². The number of amides is 1. The van der Waals surface area contributed by atoms with E-state index < -0.39 is 12.1 Å². The molecule has 0 bridgehead atoms. The molecule has 0 aromatic heterocycles. The predicted octanol–water partition coefficient (Wildman–Crippen LogP) is 2.36. The van der Waals surface area contributed by atoms with Crippen molar-refractivity contribution in [3.63, 3.8) is 0 Å². The van der Waals surface area contributed by atoms with Crippen molar-refractivity contribution in [1.29, 1.82) is 0 Å². The summed E-state index contributed by atoms with van der Waals surface area (Å²) in [7, 11) is 0. The number of rotatable bonds is 5. The van der Waals surface area contributed by atoms with Crippen LogP contribution in [0, 0.1) is 0 Å². The number of aromatic hydroxyl groups is 1. The van der Waals surface area contributed by atoms with Gasteiger partial charge in [-0.15, -0.1) is 0 Å². The Balaban J connectivity index is 1.89. The van der Waals surface area contributed by atoms with Gasteiger partial charge >= 0.3 is 12.1 Å². The quantitative estimate of drug-likeness (QED) is 0.503. The number of carbonyl (C=O) groups is 2. The minimum atomic E-state index is -0.658. The Morgan fingerprint density at radius 1 is 1.27 bits per heavy atom. The standard InChI is InChI=1S/C16H15NO5/c1-2-15(19)21-9-8-17-16(20)22-12-6-7-13-11(10-12)4-3-5-14(13)18/h2-7,10,18H,1,8-9H2,(H,17,20). The van der Waals surface area contributed by atoms with Crippen LogP contribution in [0.1, 0.15) is 0 Å². The Labute approximate surface area is 127 Å². The van der Waals surface area contributed by atoms with E-state index in [4.69, 9.17) is 9.47 Å². The molecule has 0 saturated heterocycles. The van der Waals surface area contributed by atoms with Crippen LogP contribution in [0.5, 0.6) is 11.5 Å². The number of phenols is 1. The third-order valence-corrected chi connectivity index (χ3v) is 2.82. The number of hydrogen-bond acceptors (Lipinski definition) is 5. The highest BCUT2D eigenvalue weighted by Crippen LogP contribution is 2.27. The maximum atomic E-state index is 11.6. The van der Waals surface area contributed by atoms with Gasteiger partial charge in [0.25, 0.3) is 0 Å². The largest absolute Gasteiger partial charge is 0.507 e. The second kappa shape index (κ2) is 7.12. The molecule has 0 heterocycles. The minimum Gasteiger partial charge on any atom is -0.507 e. The summed E-state index contributed by atoms with van der Waals surface area (Å²) in [5.41, 5.74) is 0. The van der Waals surface area contributed by atoms with E-state index in [1.807, 2.05) is 0 Å². The molecule has 0 spiro atoms. The maximum absolute atomic E-state index is 11.6. The number of phenolic OH excluding ortho intramolecular Hbond substituents is 1. The molecule has 2 rings (SSSR count). The summed E-state index contributed by atoms with van der Waals surface area (Å²) in [4.78, 5) is 22.4. The van der Waals surface area contributed by atoms with Crippen LogP contribution in [-0.2, 0) is 9.53 Å². The Bertz CT molecular complexity index is 711. The van der Waals surface area contributed by atoms with E-state index in [0.29, 0.717) is 11.1 Å². The number of hydrogen-bond donors (Lipinski definition) is 2. The third-order valence-electron chi connectivity index (χ3n) is 2.82. The molecule has 2 N–H and O–H groups in total. The second-order valence-corrected chi connectivity index (χ2v) is 4.35. The van der Waals surface area contributed by atoms with Crippen LogP contribution in [-0.4, -0.2) is 30.3 Å². The van der Waals surface area contributed by atoms with Crippen molar-refractivity contribution in [1.82, 2.24) is 5.32 Å². The molecule has 114 valence electrons. The molecular formula is C16H15NO5. The van der Waals surface area contributed by atoms with Gasteiger partial charge in [-0.05, 0) is 29.7 Å². The molecule has 6 heteroatoms. The number of ether oxygens (including phenoxy) is 2. The first kappa shape index (κ1) is 15.4. The Morgan fingerprint density at radius 3 is 2.86 bits per heavy atom. The van der Waals surface area contributed by atoms with Crippen LogP contribution in [0.25, 0.3) is 10.8 Å². The number of nitrogens with one attached hydrogen (secondary N) is 1. The summed E-state index contributed by atoms with van der Waals surface area (Å²) in [5, 5.41) is 13.6. The molecule has 0 aliphatic heterocycles. The van der Waals surface area contributed by atoms with Gasteiger partial charge in [-0.3, -0.25) is 0 Å². The third kappa shape index (κ3) is 3.99. The molecule has 6 nitrogen and oxygen atoms in total. The lowest BCUT2D eigenvalue weighted by atomic mass is 10.1. The molecule has 0 aliphatic rings. The Hall–Kier alpha value is -3.02. The first-order valence-electron chi connectivity index (χ1n) is 6.57. The van der Waals surface area contributed by atoms with Gasteiger partial charge < -0.3 is 19.9 Å². The van der Waals surface area contributed by atoms with Crippen molar-refractivity contribution in [3.8, 4) is 11.5 Å². The van der Waals surface area contributed by atoms with Gasteiger partial charge in [-0.2, -0.15) is 0 Å². The summed E-state index contributed by atoms with van der Waals surface area (Å²) in [6, 6.07) is 9.98. The van der Waals surface area contributed by atoms with E-state index in [0.717, 1.165) is 11.5 Å². The molecule has 2 aromatic carbocycles. The van der Waals surface area contributed by atoms with E-state index in [1.165, 1.54) is 0 Å². The highest BCUT2D eigenvalue weighted by Gasteiger charge is 2.06. The molecule has 1 amide bonds. The first-order valence-corrected chi connectivity index (χ1v) is 6.57. The number of fused-ring (bicyclic) bond motifs is 1. The van der Waals surface area contributed by atoms with Crippen LogP contribution < -0.4 is 10.1 Å². The Kier molecular flexibility index (Phi) is 4.98. The molecule has 22 heavy (non-hydrogen) atoms.